The van der Waals surface area contributed by atoms with Gasteiger partial charge in [-0.3, -0.25) is 19.3 Å². The fourth-order valence-electron chi connectivity index (χ4n) is 5.41. The molecule has 2 aromatic rings. The van der Waals surface area contributed by atoms with Gasteiger partial charge in [0.15, 0.2) is 6.61 Å². The summed E-state index contributed by atoms with van der Waals surface area (Å²) in [7, 11) is 0. The molecule has 1 aliphatic heterocycles. The van der Waals surface area contributed by atoms with Crippen LogP contribution in [0.1, 0.15) is 29.3 Å². The van der Waals surface area contributed by atoms with E-state index < -0.39 is 18.5 Å². The van der Waals surface area contributed by atoms with Gasteiger partial charge in [0, 0.05) is 10.2 Å². The molecule has 0 radical (unpaired) electrons. The molecule has 4 atom stereocenters. The Balaban J connectivity index is 1.20. The average Bonchev–Trinajstić information content (AvgIpc) is 3.45. The van der Waals surface area contributed by atoms with Crippen molar-refractivity contribution in [1.82, 2.24) is 0 Å². The fraction of sp³-hybridized carbons (Fsp3) is 0.308. The molecule has 0 spiro atoms. The van der Waals surface area contributed by atoms with E-state index >= 15 is 0 Å². The van der Waals surface area contributed by atoms with Gasteiger partial charge < -0.3 is 10.1 Å². The molecule has 7 nitrogen and oxygen atoms in total. The second-order valence-corrected chi connectivity index (χ2v) is 9.97. The van der Waals surface area contributed by atoms with E-state index in [1.807, 2.05) is 19.9 Å². The number of nitrogens with one attached hydrogen (secondary N) is 1. The smallest absolute Gasteiger partial charge is 0.338 e. The molecular weight excluding hydrogens is 500 g/mol. The predicted octanol–water partition coefficient (Wildman–Crippen LogP) is 4.25. The normalized spacial score (nSPS) is 24.8. The Morgan fingerprint density at radius 2 is 1.76 bits per heavy atom. The van der Waals surface area contributed by atoms with Crippen LogP contribution in [0.5, 0.6) is 0 Å². The van der Waals surface area contributed by atoms with Gasteiger partial charge in [-0.05, 0) is 80.1 Å². The summed E-state index contributed by atoms with van der Waals surface area (Å²) in [5.41, 5.74) is 3.45. The quantitative estimate of drug-likeness (QED) is 0.360. The van der Waals surface area contributed by atoms with Crippen molar-refractivity contribution in [2.24, 2.45) is 23.7 Å². The van der Waals surface area contributed by atoms with Crippen LogP contribution in [0, 0.1) is 30.6 Å². The van der Waals surface area contributed by atoms with Crippen molar-refractivity contribution in [3.63, 3.8) is 0 Å². The number of hydrogen-bond acceptors (Lipinski definition) is 5. The van der Waals surface area contributed by atoms with Crippen LogP contribution in [0.25, 0.3) is 0 Å². The van der Waals surface area contributed by atoms with E-state index in [9.17, 15) is 19.2 Å². The number of carbonyl (C=O) groups is 4. The maximum absolute atomic E-state index is 13.1. The molecule has 0 aromatic heterocycles. The van der Waals surface area contributed by atoms with E-state index in [1.54, 1.807) is 24.3 Å². The Morgan fingerprint density at radius 3 is 2.47 bits per heavy atom. The molecule has 3 amide bonds. The molecule has 2 bridgehead atoms. The number of nitrogens with zero attached hydrogens (tertiary/aromatic N) is 1. The first kappa shape index (κ1) is 22.5. The molecule has 5 rings (SSSR count). The van der Waals surface area contributed by atoms with Gasteiger partial charge >= 0.3 is 5.97 Å². The third-order valence-electron chi connectivity index (χ3n) is 7.02. The number of amides is 3. The minimum absolute atomic E-state index is 0.137. The summed E-state index contributed by atoms with van der Waals surface area (Å²) in [5, 5.41) is 2.68. The number of allylic oxidation sites excluding steroid dienone is 2. The number of carbonyl (C=O) groups excluding carboxylic acids is 4. The van der Waals surface area contributed by atoms with Crippen LogP contribution in [0.3, 0.4) is 0 Å². The summed E-state index contributed by atoms with van der Waals surface area (Å²) in [6.07, 6.45) is 3.01. The van der Waals surface area contributed by atoms with Crippen LogP contribution in [-0.4, -0.2) is 30.3 Å². The zero-order chi connectivity index (χ0) is 24.1. The average molecular weight is 523 g/mol. The molecule has 2 fully saturated rings. The van der Waals surface area contributed by atoms with Crippen molar-refractivity contribution in [1.29, 1.82) is 0 Å². The lowest BCUT2D eigenvalue weighted by Gasteiger charge is -2.19. The topological polar surface area (TPSA) is 92.8 Å². The van der Waals surface area contributed by atoms with Gasteiger partial charge in [0.1, 0.15) is 0 Å². The molecule has 1 N–H and O–H groups in total. The summed E-state index contributed by atoms with van der Waals surface area (Å²) in [4.78, 5) is 51.9. The van der Waals surface area contributed by atoms with Gasteiger partial charge in [0.05, 0.1) is 23.1 Å². The van der Waals surface area contributed by atoms with Crippen molar-refractivity contribution in [3.8, 4) is 0 Å². The molecule has 34 heavy (non-hydrogen) atoms. The summed E-state index contributed by atoms with van der Waals surface area (Å²) >= 11 is 3.40. The van der Waals surface area contributed by atoms with Gasteiger partial charge in [0.2, 0.25) is 11.8 Å². The van der Waals surface area contributed by atoms with Crippen LogP contribution in [0.2, 0.25) is 0 Å². The van der Waals surface area contributed by atoms with E-state index in [-0.39, 0.29) is 41.0 Å². The highest BCUT2D eigenvalue weighted by Gasteiger charge is 2.60. The zero-order valence-electron chi connectivity index (χ0n) is 18.7. The summed E-state index contributed by atoms with van der Waals surface area (Å²) in [5.74, 6) is -1.71. The molecule has 0 unspecified atom stereocenters. The van der Waals surface area contributed by atoms with Gasteiger partial charge in [-0.25, -0.2) is 4.79 Å². The number of imide groups is 1. The van der Waals surface area contributed by atoms with E-state index in [4.69, 9.17) is 4.74 Å². The largest absolute Gasteiger partial charge is 0.452 e. The standard InChI is InChI=1S/C26H23BrN2O5/c1-13-9-16-11-19(13)23-22(16)24(31)29(25(23)32)18-6-3-15(4-7-18)26(33)34-12-21(30)28-17-5-8-20(27)14(2)10-17/h3-10,16,19,22-23H,11-12H2,1-2H3,(H,28,30)/t16-,19+,22+,23-/m0/s1. The predicted molar refractivity (Wildman–Crippen MR) is 129 cm³/mol. The van der Waals surface area contributed by atoms with E-state index in [1.165, 1.54) is 22.6 Å². The van der Waals surface area contributed by atoms with E-state index in [0.717, 1.165) is 16.5 Å². The number of fused-ring (bicyclic) bond motifs is 5. The van der Waals surface area contributed by atoms with Crippen LogP contribution >= 0.6 is 15.9 Å². The Bertz CT molecular complexity index is 1250. The summed E-state index contributed by atoms with van der Waals surface area (Å²) in [6, 6.07) is 11.5. The first-order valence-electron chi connectivity index (χ1n) is 11.1. The lowest BCUT2D eigenvalue weighted by atomic mass is 9.82. The molecule has 1 heterocycles. The Hall–Kier alpha value is -3.26. The SMILES string of the molecule is CC1=C[C@H]2C[C@H]1[C@@H]1C(=O)N(c3ccc(C(=O)OCC(=O)Nc4ccc(Br)c(C)c4)cc3)C(=O)[C@@H]12. The van der Waals surface area contributed by atoms with Crippen LogP contribution in [-0.2, 0) is 19.1 Å². The van der Waals surface area contributed by atoms with Crippen molar-refractivity contribution in [2.45, 2.75) is 20.3 Å². The van der Waals surface area contributed by atoms with Crippen molar-refractivity contribution < 1.29 is 23.9 Å². The lowest BCUT2D eigenvalue weighted by molar-refractivity contribution is -0.123. The number of ether oxygens (including phenoxy) is 1. The molecule has 1 saturated carbocycles. The second-order valence-electron chi connectivity index (χ2n) is 9.12. The van der Waals surface area contributed by atoms with Gasteiger partial charge in [-0.2, -0.15) is 0 Å². The maximum atomic E-state index is 13.1. The Kier molecular flexibility index (Phi) is 5.64. The number of esters is 1. The minimum atomic E-state index is -0.664. The number of aryl methyl sites for hydroxylation is 1. The molecule has 3 aliphatic rings. The summed E-state index contributed by atoms with van der Waals surface area (Å²) < 4.78 is 6.05. The van der Waals surface area contributed by atoms with Gasteiger partial charge in [-0.15, -0.1) is 0 Å². The zero-order valence-corrected chi connectivity index (χ0v) is 20.3. The highest BCUT2D eigenvalue weighted by molar-refractivity contribution is 9.10. The van der Waals surface area contributed by atoms with E-state index in [2.05, 4.69) is 27.3 Å². The van der Waals surface area contributed by atoms with Gasteiger partial charge in [-0.1, -0.05) is 27.6 Å². The molecular formula is C26H23BrN2O5. The number of benzene rings is 2. The van der Waals surface area contributed by atoms with Crippen LogP contribution in [0.4, 0.5) is 11.4 Å². The third kappa shape index (κ3) is 3.76. The molecule has 1 saturated heterocycles. The third-order valence-corrected chi connectivity index (χ3v) is 7.91. The molecule has 2 aromatic carbocycles. The second kappa shape index (κ2) is 8.51. The number of anilines is 2. The first-order valence-corrected chi connectivity index (χ1v) is 11.9. The Labute approximate surface area is 205 Å². The minimum Gasteiger partial charge on any atom is -0.452 e. The van der Waals surface area contributed by atoms with Crippen molar-refractivity contribution in [3.05, 3.63) is 69.7 Å². The van der Waals surface area contributed by atoms with E-state index in [0.29, 0.717) is 11.4 Å². The highest BCUT2D eigenvalue weighted by atomic mass is 79.9. The van der Waals surface area contributed by atoms with Crippen LogP contribution < -0.4 is 10.2 Å². The molecule has 174 valence electrons. The van der Waals surface area contributed by atoms with Gasteiger partial charge in [0.25, 0.3) is 5.91 Å². The van der Waals surface area contributed by atoms with Crippen molar-refractivity contribution >= 4 is 51.0 Å². The summed E-state index contributed by atoms with van der Waals surface area (Å²) in [6.45, 7) is 3.50. The number of rotatable bonds is 5. The fourth-order valence-corrected chi connectivity index (χ4v) is 5.66. The Morgan fingerprint density at radius 1 is 1.06 bits per heavy atom. The molecule has 8 heteroatoms. The molecule has 2 aliphatic carbocycles. The monoisotopic (exact) mass is 522 g/mol. The number of hydrogen-bond donors (Lipinski definition) is 1. The van der Waals surface area contributed by atoms with Crippen molar-refractivity contribution in [2.75, 3.05) is 16.8 Å². The first-order chi connectivity index (χ1) is 16.2. The lowest BCUT2D eigenvalue weighted by Crippen LogP contribution is -2.33. The van der Waals surface area contributed by atoms with Crippen LogP contribution in [0.15, 0.2) is 58.6 Å². The number of halogens is 1. The maximum Gasteiger partial charge on any atom is 0.338 e. The highest BCUT2D eigenvalue weighted by Crippen LogP contribution is 2.55.